The first-order chi connectivity index (χ1) is 13.7. The van der Waals surface area contributed by atoms with Gasteiger partial charge in [-0.15, -0.1) is 0 Å². The van der Waals surface area contributed by atoms with E-state index in [0.717, 1.165) is 20.4 Å². The third kappa shape index (κ3) is 4.44. The predicted octanol–water partition coefficient (Wildman–Crippen LogP) is 1.48. The molecule has 0 bridgehead atoms. The molecule has 2 radical (unpaired) electrons. The van der Waals surface area contributed by atoms with Crippen LogP contribution < -0.4 is 23.5 Å². The van der Waals surface area contributed by atoms with Crippen molar-refractivity contribution in [2.24, 2.45) is 11.5 Å². The van der Waals surface area contributed by atoms with E-state index >= 15 is 0 Å². The summed E-state index contributed by atoms with van der Waals surface area (Å²) < 4.78 is 2.31. The Morgan fingerprint density at radius 3 is 2.82 bits per heavy atom. The molecule has 0 atom stereocenters. The number of aromatic nitrogens is 4. The van der Waals surface area contributed by atoms with Crippen molar-refractivity contribution in [2.45, 2.75) is 31.6 Å². The Bertz CT molecular complexity index is 1020. The van der Waals surface area contributed by atoms with Crippen molar-refractivity contribution in [2.75, 3.05) is 5.32 Å². The summed E-state index contributed by atoms with van der Waals surface area (Å²) >= 11 is 0.726. The Morgan fingerprint density at radius 1 is 1.18 bits per heavy atom. The van der Waals surface area contributed by atoms with Crippen LogP contribution >= 0.6 is 11.3 Å². The second kappa shape index (κ2) is 8.87. The van der Waals surface area contributed by atoms with Crippen molar-refractivity contribution in [3.8, 4) is 0 Å². The third-order valence-corrected chi connectivity index (χ3v) is 9.54. The fourth-order valence-electron chi connectivity index (χ4n) is 3.29. The van der Waals surface area contributed by atoms with Crippen LogP contribution in [-0.2, 0) is 0 Å². The van der Waals surface area contributed by atoms with Crippen LogP contribution in [0.2, 0.25) is 0 Å². The quantitative estimate of drug-likeness (QED) is 0.349. The van der Waals surface area contributed by atoms with E-state index < -0.39 is 21.1 Å². The fourth-order valence-corrected chi connectivity index (χ4v) is 8.02. The molecule has 0 spiro atoms. The molecule has 0 saturated heterocycles. The van der Waals surface area contributed by atoms with E-state index in [0.29, 0.717) is 11.6 Å². The number of rotatable bonds is 6. The molecule has 4 rings (SSSR count). The minimum absolute atomic E-state index is 0.625. The van der Waals surface area contributed by atoms with E-state index in [1.54, 1.807) is 23.6 Å². The van der Waals surface area contributed by atoms with Crippen LogP contribution in [0.25, 0.3) is 11.0 Å². The van der Waals surface area contributed by atoms with Gasteiger partial charge in [0.05, 0.1) is 0 Å². The molecule has 0 aliphatic heterocycles. The Kier molecular flexibility index (Phi) is 6.06. The zero-order valence-corrected chi connectivity index (χ0v) is 19.0. The normalized spacial score (nSPS) is 15.6. The second-order valence-electron chi connectivity index (χ2n) is 6.62. The summed E-state index contributed by atoms with van der Waals surface area (Å²) in [5.41, 5.74) is 14.3. The molecule has 9 heteroatoms. The fraction of sp³-hybridized carbons (Fsp3) is 0.263. The van der Waals surface area contributed by atoms with Gasteiger partial charge in [-0.05, 0) is 0 Å². The molecule has 142 valence electrons. The predicted molar refractivity (Wildman–Crippen MR) is 115 cm³/mol. The molecule has 3 heterocycles. The molecular weight excluding hydrogens is 477 g/mol. The molecule has 7 nitrogen and oxygen atoms in total. The number of fused-ring (bicyclic) bond motifs is 1. The maximum atomic E-state index is 5.60. The first-order valence-corrected chi connectivity index (χ1v) is 12.9. The molecular formula is C19H21N7SSn. The molecule has 3 aromatic rings. The van der Waals surface area contributed by atoms with Crippen LogP contribution in [0.1, 0.15) is 36.6 Å². The van der Waals surface area contributed by atoms with Gasteiger partial charge in [0.25, 0.3) is 0 Å². The van der Waals surface area contributed by atoms with Gasteiger partial charge in [0, 0.05) is 0 Å². The third-order valence-electron chi connectivity index (χ3n) is 4.66. The van der Waals surface area contributed by atoms with E-state index in [9.17, 15) is 0 Å². The zero-order valence-electron chi connectivity index (χ0n) is 15.3. The number of allylic oxidation sites excluding steroid dienone is 1. The van der Waals surface area contributed by atoms with Gasteiger partial charge in [-0.1, -0.05) is 0 Å². The molecule has 1 saturated carbocycles. The molecule has 0 amide bonds. The SMILES string of the molecule is N/C=C\C(=C/N)Nc1cnc2cc[c]([Sn][c]3nnc(C4CCCC4)s3)nc2c1. The standard InChI is InChI=1S/C12H12N5.C7H9N2S.Sn/c13-4-3-9(7-14)17-10-6-12-11(16-8-10)2-1-5-15-12;1-2-4-6(3-1)7-9-8-5-10-7;/h1-4,6-8,17H,13-14H2;6H,1-4H2;/b4-3-,9-7+;;. The van der Waals surface area contributed by atoms with Gasteiger partial charge in [-0.3, -0.25) is 0 Å². The van der Waals surface area contributed by atoms with Crippen LogP contribution in [0.5, 0.6) is 0 Å². The first-order valence-electron chi connectivity index (χ1n) is 9.19. The Hall–Kier alpha value is -2.20. The molecule has 5 N–H and O–H groups in total. The maximum absolute atomic E-state index is 5.60. The minimum atomic E-state index is -1.07. The number of anilines is 1. The van der Waals surface area contributed by atoms with Crippen LogP contribution in [0, 0.1) is 0 Å². The van der Waals surface area contributed by atoms with E-state index in [1.165, 1.54) is 46.1 Å². The van der Waals surface area contributed by atoms with E-state index in [1.807, 2.05) is 12.1 Å². The number of nitrogens with two attached hydrogens (primary N) is 2. The Balaban J connectivity index is 1.53. The van der Waals surface area contributed by atoms with Crippen LogP contribution in [0.15, 0.2) is 48.6 Å². The number of hydrogen-bond donors (Lipinski definition) is 3. The van der Waals surface area contributed by atoms with E-state index in [-0.39, 0.29) is 0 Å². The van der Waals surface area contributed by atoms with Crippen molar-refractivity contribution in [3.05, 3.63) is 53.6 Å². The number of nitrogens with one attached hydrogen (secondary N) is 1. The number of hydrogen-bond acceptors (Lipinski definition) is 8. The van der Waals surface area contributed by atoms with Gasteiger partial charge >= 0.3 is 178 Å². The van der Waals surface area contributed by atoms with Gasteiger partial charge in [-0.2, -0.15) is 0 Å². The Morgan fingerprint density at radius 2 is 2.04 bits per heavy atom. The molecule has 0 aromatic carbocycles. The average molecular weight is 498 g/mol. The second-order valence-corrected chi connectivity index (χ2v) is 12.2. The van der Waals surface area contributed by atoms with Crippen molar-refractivity contribution in [1.82, 2.24) is 20.2 Å². The van der Waals surface area contributed by atoms with Crippen molar-refractivity contribution in [1.29, 1.82) is 0 Å². The molecule has 1 aliphatic rings. The summed E-state index contributed by atoms with van der Waals surface area (Å²) in [6.07, 6.45) is 11.5. The molecule has 3 aromatic heterocycles. The molecule has 0 unspecified atom stereocenters. The first kappa shape index (κ1) is 19.1. The number of nitrogens with zero attached hydrogens (tertiary/aromatic N) is 4. The summed E-state index contributed by atoms with van der Waals surface area (Å²) in [6, 6.07) is 6.08. The molecule has 1 fully saturated rings. The van der Waals surface area contributed by atoms with Crippen molar-refractivity contribution < 1.29 is 0 Å². The van der Waals surface area contributed by atoms with Gasteiger partial charge in [-0.25, -0.2) is 0 Å². The van der Waals surface area contributed by atoms with Gasteiger partial charge in [0.15, 0.2) is 0 Å². The van der Waals surface area contributed by atoms with Crippen LogP contribution in [0.4, 0.5) is 5.69 Å². The van der Waals surface area contributed by atoms with Crippen LogP contribution in [0.3, 0.4) is 0 Å². The molecule has 1 aliphatic carbocycles. The van der Waals surface area contributed by atoms with Crippen LogP contribution in [-0.4, -0.2) is 41.3 Å². The van der Waals surface area contributed by atoms with E-state index in [2.05, 4.69) is 26.6 Å². The summed E-state index contributed by atoms with van der Waals surface area (Å²) in [6.45, 7) is 0. The van der Waals surface area contributed by atoms with Gasteiger partial charge < -0.3 is 0 Å². The van der Waals surface area contributed by atoms with E-state index in [4.69, 9.17) is 16.5 Å². The summed E-state index contributed by atoms with van der Waals surface area (Å²) in [7, 11) is 0. The summed E-state index contributed by atoms with van der Waals surface area (Å²) in [5.74, 6) is 0.625. The van der Waals surface area contributed by atoms with Crippen molar-refractivity contribution in [3.63, 3.8) is 0 Å². The monoisotopic (exact) mass is 499 g/mol. The van der Waals surface area contributed by atoms with Gasteiger partial charge in [0.2, 0.25) is 0 Å². The zero-order chi connectivity index (χ0) is 19.3. The summed E-state index contributed by atoms with van der Waals surface area (Å²) in [4.78, 5) is 9.31. The summed E-state index contributed by atoms with van der Waals surface area (Å²) in [5, 5.41) is 13.3. The Labute approximate surface area is 177 Å². The topological polar surface area (TPSA) is 116 Å². The van der Waals surface area contributed by atoms with Crippen molar-refractivity contribution >= 4 is 55.9 Å². The number of pyridine rings is 2. The van der Waals surface area contributed by atoms with Gasteiger partial charge in [0.1, 0.15) is 0 Å². The molecule has 28 heavy (non-hydrogen) atoms. The average Bonchev–Trinajstić information content (AvgIpc) is 3.39.